The van der Waals surface area contributed by atoms with Crippen LogP contribution in [-0.4, -0.2) is 29.5 Å². The van der Waals surface area contributed by atoms with Crippen molar-refractivity contribution in [2.24, 2.45) is 5.10 Å². The van der Waals surface area contributed by atoms with Crippen LogP contribution in [0.25, 0.3) is 0 Å². The first kappa shape index (κ1) is 14.4. The van der Waals surface area contributed by atoms with Crippen molar-refractivity contribution in [1.82, 2.24) is 0 Å². The highest BCUT2D eigenvalue weighted by Gasteiger charge is 2.02. The molecule has 0 bridgehead atoms. The summed E-state index contributed by atoms with van der Waals surface area (Å²) in [7, 11) is 1.47. The Morgan fingerprint density at radius 2 is 1.95 bits per heavy atom. The lowest BCUT2D eigenvalue weighted by Gasteiger charge is -2.04. The molecule has 0 amide bonds. The average Bonchev–Trinajstić information content (AvgIpc) is 2.49. The fourth-order valence-electron chi connectivity index (χ4n) is 1.64. The van der Waals surface area contributed by atoms with Gasteiger partial charge < -0.3 is 14.9 Å². The number of nitrogens with one attached hydrogen (secondary N) is 1. The molecule has 0 heterocycles. The Balaban J connectivity index is 2.03. The molecular weight excluding hydrogens is 272 g/mol. The van der Waals surface area contributed by atoms with Gasteiger partial charge in [0.2, 0.25) is 0 Å². The number of nitrogens with zero attached hydrogens (tertiary/aromatic N) is 1. The van der Waals surface area contributed by atoms with Crippen molar-refractivity contribution in [2.45, 2.75) is 0 Å². The maximum atomic E-state index is 10.7. The Labute approximate surface area is 121 Å². The van der Waals surface area contributed by atoms with Gasteiger partial charge in [0.05, 0.1) is 24.6 Å². The molecule has 0 aliphatic carbocycles. The number of carboxylic acid groups (broad SMARTS) is 1. The molecular formula is C15H14N2O4. The van der Waals surface area contributed by atoms with E-state index in [4.69, 9.17) is 9.84 Å². The zero-order chi connectivity index (χ0) is 15.2. The minimum absolute atomic E-state index is 0.0619. The lowest BCUT2D eigenvalue weighted by molar-refractivity contribution is 0.0697. The molecule has 0 aromatic heterocycles. The van der Waals surface area contributed by atoms with Crippen LogP contribution in [0, 0.1) is 0 Å². The highest BCUT2D eigenvalue weighted by molar-refractivity contribution is 5.88. The number of aromatic carboxylic acids is 1. The monoisotopic (exact) mass is 286 g/mol. The van der Waals surface area contributed by atoms with Gasteiger partial charge in [-0.2, -0.15) is 5.10 Å². The van der Waals surface area contributed by atoms with Gasteiger partial charge in [0, 0.05) is 0 Å². The molecule has 21 heavy (non-hydrogen) atoms. The van der Waals surface area contributed by atoms with E-state index in [0.717, 1.165) is 5.56 Å². The van der Waals surface area contributed by atoms with E-state index in [1.165, 1.54) is 25.3 Å². The summed E-state index contributed by atoms with van der Waals surface area (Å²) < 4.78 is 5.00. The molecule has 6 heteroatoms. The summed E-state index contributed by atoms with van der Waals surface area (Å²) in [6.45, 7) is 0. The Bertz CT molecular complexity index is 666. The van der Waals surface area contributed by atoms with Crippen LogP contribution in [0.2, 0.25) is 0 Å². The molecule has 0 saturated heterocycles. The molecule has 108 valence electrons. The normalized spacial score (nSPS) is 10.5. The molecule has 0 radical (unpaired) electrons. The molecule has 2 aromatic rings. The second-order valence-electron chi connectivity index (χ2n) is 4.18. The smallest absolute Gasteiger partial charge is 0.335 e. The summed E-state index contributed by atoms with van der Waals surface area (Å²) >= 11 is 0. The molecule has 2 rings (SSSR count). The summed E-state index contributed by atoms with van der Waals surface area (Å²) in [6, 6.07) is 11.1. The number of ether oxygens (including phenoxy) is 1. The fraction of sp³-hybridized carbons (Fsp3) is 0.0667. The highest BCUT2D eigenvalue weighted by Crippen LogP contribution is 2.25. The number of phenols is 1. The van der Waals surface area contributed by atoms with Gasteiger partial charge in [0.25, 0.3) is 0 Å². The Kier molecular flexibility index (Phi) is 4.40. The number of methoxy groups -OCH3 is 1. The van der Waals surface area contributed by atoms with Crippen molar-refractivity contribution >= 4 is 17.9 Å². The number of phenolic OH excluding ortho intramolecular Hbond substituents is 1. The quantitative estimate of drug-likeness (QED) is 0.580. The standard InChI is InChI=1S/C15H14N2O4/c1-21-14-8-10(2-7-13(14)18)9-16-17-12-5-3-11(4-6-12)15(19)20/h2-9,17-18H,1H3,(H,19,20)/b16-9-. The summed E-state index contributed by atoms with van der Waals surface area (Å²) in [5, 5.41) is 22.3. The largest absolute Gasteiger partial charge is 0.504 e. The topological polar surface area (TPSA) is 91.2 Å². The molecule has 0 unspecified atom stereocenters. The first-order valence-corrected chi connectivity index (χ1v) is 6.09. The van der Waals surface area contributed by atoms with Gasteiger partial charge in [-0.3, -0.25) is 5.43 Å². The second-order valence-corrected chi connectivity index (χ2v) is 4.18. The number of benzene rings is 2. The number of aromatic hydroxyl groups is 1. The Morgan fingerprint density at radius 3 is 2.57 bits per heavy atom. The van der Waals surface area contributed by atoms with Crippen LogP contribution in [0.5, 0.6) is 11.5 Å². The van der Waals surface area contributed by atoms with Crippen LogP contribution in [0.3, 0.4) is 0 Å². The summed E-state index contributed by atoms with van der Waals surface area (Å²) in [5.41, 5.74) is 4.42. The van der Waals surface area contributed by atoms with Crippen molar-refractivity contribution in [2.75, 3.05) is 12.5 Å². The zero-order valence-corrected chi connectivity index (χ0v) is 11.3. The molecule has 0 spiro atoms. The third-order valence-electron chi connectivity index (χ3n) is 2.74. The minimum Gasteiger partial charge on any atom is -0.504 e. The third kappa shape index (κ3) is 3.73. The van der Waals surface area contributed by atoms with Gasteiger partial charge in [-0.1, -0.05) is 0 Å². The molecule has 2 aromatic carbocycles. The molecule has 0 saturated carbocycles. The van der Waals surface area contributed by atoms with E-state index in [0.29, 0.717) is 11.4 Å². The maximum Gasteiger partial charge on any atom is 0.335 e. The minimum atomic E-state index is -0.971. The fourth-order valence-corrected chi connectivity index (χ4v) is 1.64. The van der Waals surface area contributed by atoms with Crippen molar-refractivity contribution in [3.63, 3.8) is 0 Å². The lowest BCUT2D eigenvalue weighted by atomic mass is 10.2. The number of hydrogen-bond donors (Lipinski definition) is 3. The first-order valence-electron chi connectivity index (χ1n) is 6.09. The number of carboxylic acids is 1. The first-order chi connectivity index (χ1) is 10.1. The second kappa shape index (κ2) is 6.42. The molecule has 0 atom stereocenters. The van der Waals surface area contributed by atoms with Gasteiger partial charge >= 0.3 is 5.97 Å². The van der Waals surface area contributed by atoms with Crippen molar-refractivity contribution in [3.05, 3.63) is 53.6 Å². The van der Waals surface area contributed by atoms with E-state index in [1.54, 1.807) is 30.5 Å². The van der Waals surface area contributed by atoms with E-state index >= 15 is 0 Å². The van der Waals surface area contributed by atoms with Crippen LogP contribution >= 0.6 is 0 Å². The molecule has 3 N–H and O–H groups in total. The Hall–Kier alpha value is -3.02. The average molecular weight is 286 g/mol. The molecule has 0 aliphatic rings. The summed E-state index contributed by atoms with van der Waals surface area (Å²) in [6.07, 6.45) is 1.56. The van der Waals surface area contributed by atoms with Crippen molar-refractivity contribution in [3.8, 4) is 11.5 Å². The van der Waals surface area contributed by atoms with E-state index in [1.807, 2.05) is 0 Å². The van der Waals surface area contributed by atoms with Crippen molar-refractivity contribution < 1.29 is 19.7 Å². The van der Waals surface area contributed by atoms with Crippen LogP contribution in [0.4, 0.5) is 5.69 Å². The van der Waals surface area contributed by atoms with Crippen LogP contribution in [0.1, 0.15) is 15.9 Å². The van der Waals surface area contributed by atoms with E-state index < -0.39 is 5.97 Å². The number of anilines is 1. The predicted octanol–water partition coefficient (Wildman–Crippen LogP) is 2.55. The van der Waals surface area contributed by atoms with Crippen molar-refractivity contribution in [1.29, 1.82) is 0 Å². The predicted molar refractivity (Wildman–Crippen MR) is 79.3 cm³/mol. The summed E-state index contributed by atoms with van der Waals surface area (Å²) in [5.74, 6) is -0.544. The Morgan fingerprint density at radius 1 is 1.24 bits per heavy atom. The number of hydrazone groups is 1. The van der Waals surface area contributed by atoms with Gasteiger partial charge in [-0.25, -0.2) is 4.79 Å². The van der Waals surface area contributed by atoms with Gasteiger partial charge in [0.1, 0.15) is 0 Å². The number of hydrogen-bond acceptors (Lipinski definition) is 5. The summed E-state index contributed by atoms with van der Waals surface area (Å²) in [4.78, 5) is 10.7. The van der Waals surface area contributed by atoms with E-state index in [9.17, 15) is 9.90 Å². The molecule has 0 aliphatic heterocycles. The number of carbonyl (C=O) groups is 1. The lowest BCUT2D eigenvalue weighted by Crippen LogP contribution is -1.96. The zero-order valence-electron chi connectivity index (χ0n) is 11.3. The van der Waals surface area contributed by atoms with Gasteiger partial charge in [-0.15, -0.1) is 0 Å². The molecule has 0 fully saturated rings. The maximum absolute atomic E-state index is 10.7. The molecule has 6 nitrogen and oxygen atoms in total. The SMILES string of the molecule is COc1cc(/C=N\Nc2ccc(C(=O)O)cc2)ccc1O. The van der Waals surface area contributed by atoms with Crippen LogP contribution < -0.4 is 10.2 Å². The third-order valence-corrected chi connectivity index (χ3v) is 2.74. The van der Waals surface area contributed by atoms with E-state index in [2.05, 4.69) is 10.5 Å². The van der Waals surface area contributed by atoms with Crippen LogP contribution in [-0.2, 0) is 0 Å². The highest BCUT2D eigenvalue weighted by atomic mass is 16.5. The van der Waals surface area contributed by atoms with Crippen LogP contribution in [0.15, 0.2) is 47.6 Å². The van der Waals surface area contributed by atoms with E-state index in [-0.39, 0.29) is 11.3 Å². The number of rotatable bonds is 5. The van der Waals surface area contributed by atoms with Gasteiger partial charge in [-0.05, 0) is 48.0 Å². The van der Waals surface area contributed by atoms with Gasteiger partial charge in [0.15, 0.2) is 11.5 Å².